The molecule has 2 N–H and O–H groups in total. The Bertz CT molecular complexity index is 626. The molecule has 2 aromatic rings. The third-order valence-electron chi connectivity index (χ3n) is 3.36. The minimum absolute atomic E-state index is 0.0636. The number of aryl methyl sites for hydroxylation is 1. The molecule has 1 aromatic carbocycles. The van der Waals surface area contributed by atoms with Crippen LogP contribution in [0.15, 0.2) is 24.3 Å². The highest BCUT2D eigenvalue weighted by Gasteiger charge is 2.21. The lowest BCUT2D eigenvalue weighted by molar-refractivity contribution is -0.142. The molecule has 0 bridgehead atoms. The van der Waals surface area contributed by atoms with Crippen LogP contribution in [0.3, 0.4) is 0 Å². The lowest BCUT2D eigenvalue weighted by Gasteiger charge is -2.17. The number of benzene rings is 1. The van der Waals surface area contributed by atoms with Gasteiger partial charge in [0.1, 0.15) is 5.82 Å². The van der Waals surface area contributed by atoms with Gasteiger partial charge in [0.05, 0.1) is 22.6 Å². The molecule has 0 fully saturated rings. The highest BCUT2D eigenvalue weighted by molar-refractivity contribution is 5.76. The number of aliphatic carboxylic acids is 1. The Kier molecular flexibility index (Phi) is 4.17. The predicted octanol–water partition coefficient (Wildman–Crippen LogP) is 2.71. The Morgan fingerprint density at radius 3 is 2.40 bits per heavy atom. The fourth-order valence-electron chi connectivity index (χ4n) is 2.07. The van der Waals surface area contributed by atoms with Crippen molar-refractivity contribution < 1.29 is 9.90 Å². The monoisotopic (exact) mass is 273 g/mol. The summed E-state index contributed by atoms with van der Waals surface area (Å²) in [4.78, 5) is 20.2. The van der Waals surface area contributed by atoms with E-state index in [1.54, 1.807) is 0 Å². The first-order chi connectivity index (χ1) is 9.49. The lowest BCUT2D eigenvalue weighted by atomic mass is 9.96. The maximum Gasteiger partial charge on any atom is 0.308 e. The van der Waals surface area contributed by atoms with Crippen molar-refractivity contribution in [3.8, 4) is 0 Å². The van der Waals surface area contributed by atoms with Gasteiger partial charge in [0, 0.05) is 6.54 Å². The average molecular weight is 273 g/mol. The second-order valence-electron chi connectivity index (χ2n) is 5.22. The van der Waals surface area contributed by atoms with E-state index in [1.807, 2.05) is 45.0 Å². The second-order valence-corrected chi connectivity index (χ2v) is 5.22. The van der Waals surface area contributed by atoms with E-state index in [0.29, 0.717) is 12.4 Å². The molecule has 0 saturated heterocycles. The van der Waals surface area contributed by atoms with Crippen LogP contribution in [-0.2, 0) is 4.79 Å². The number of hydrogen-bond acceptors (Lipinski definition) is 4. The van der Waals surface area contributed by atoms with Gasteiger partial charge in [-0.15, -0.1) is 0 Å². The molecule has 1 unspecified atom stereocenters. The molecule has 0 aliphatic carbocycles. The summed E-state index contributed by atoms with van der Waals surface area (Å²) in [5.41, 5.74) is 2.42. The number of aromatic nitrogens is 2. The summed E-state index contributed by atoms with van der Waals surface area (Å²) in [5.74, 6) is -0.522. The molecule has 2 rings (SSSR count). The molecule has 1 atom stereocenters. The van der Waals surface area contributed by atoms with Gasteiger partial charge in [0.15, 0.2) is 0 Å². The Labute approximate surface area is 118 Å². The fourth-order valence-corrected chi connectivity index (χ4v) is 2.07. The Morgan fingerprint density at radius 1 is 1.25 bits per heavy atom. The highest BCUT2D eigenvalue weighted by Crippen LogP contribution is 2.18. The van der Waals surface area contributed by atoms with E-state index in [-0.39, 0.29) is 5.92 Å². The SMILES string of the molecule is Cc1nc2ccccc2nc1NCC(C(=O)O)C(C)C. The Morgan fingerprint density at radius 2 is 1.85 bits per heavy atom. The van der Waals surface area contributed by atoms with Crippen molar-refractivity contribution in [1.29, 1.82) is 0 Å². The van der Waals surface area contributed by atoms with Gasteiger partial charge >= 0.3 is 5.97 Å². The summed E-state index contributed by atoms with van der Waals surface area (Å²) in [7, 11) is 0. The molecule has 0 spiro atoms. The van der Waals surface area contributed by atoms with Crippen LogP contribution in [0.25, 0.3) is 11.0 Å². The molecule has 0 amide bonds. The predicted molar refractivity (Wildman–Crippen MR) is 78.7 cm³/mol. The molecular weight excluding hydrogens is 254 g/mol. The van der Waals surface area contributed by atoms with Crippen LogP contribution in [0, 0.1) is 18.8 Å². The van der Waals surface area contributed by atoms with Gasteiger partial charge in [-0.2, -0.15) is 0 Å². The van der Waals surface area contributed by atoms with E-state index >= 15 is 0 Å². The van der Waals surface area contributed by atoms with E-state index in [4.69, 9.17) is 0 Å². The molecule has 0 aliphatic heterocycles. The van der Waals surface area contributed by atoms with Crippen LogP contribution in [0.1, 0.15) is 19.5 Å². The van der Waals surface area contributed by atoms with Crippen molar-refractivity contribution in [2.75, 3.05) is 11.9 Å². The molecule has 20 heavy (non-hydrogen) atoms. The summed E-state index contributed by atoms with van der Waals surface area (Å²) in [5, 5.41) is 12.3. The van der Waals surface area contributed by atoms with E-state index in [9.17, 15) is 9.90 Å². The first-order valence-corrected chi connectivity index (χ1v) is 6.69. The van der Waals surface area contributed by atoms with Crippen LogP contribution in [-0.4, -0.2) is 27.6 Å². The number of anilines is 1. The maximum absolute atomic E-state index is 11.2. The summed E-state index contributed by atoms with van der Waals surface area (Å²) in [6.45, 7) is 6.02. The quantitative estimate of drug-likeness (QED) is 0.876. The van der Waals surface area contributed by atoms with Gasteiger partial charge in [-0.1, -0.05) is 26.0 Å². The molecule has 0 aliphatic rings. The molecule has 0 radical (unpaired) electrons. The van der Waals surface area contributed by atoms with Gasteiger partial charge in [0.25, 0.3) is 0 Å². The number of nitrogens with one attached hydrogen (secondary N) is 1. The van der Waals surface area contributed by atoms with E-state index < -0.39 is 11.9 Å². The number of fused-ring (bicyclic) bond motifs is 1. The van der Waals surface area contributed by atoms with Crippen molar-refractivity contribution >= 4 is 22.8 Å². The van der Waals surface area contributed by atoms with Crippen LogP contribution in [0.2, 0.25) is 0 Å². The van der Waals surface area contributed by atoms with Gasteiger partial charge < -0.3 is 10.4 Å². The van der Waals surface area contributed by atoms with Crippen LogP contribution in [0.5, 0.6) is 0 Å². The zero-order valence-corrected chi connectivity index (χ0v) is 11.9. The molecular formula is C15H19N3O2. The van der Waals surface area contributed by atoms with E-state index in [1.165, 1.54) is 0 Å². The van der Waals surface area contributed by atoms with Crippen molar-refractivity contribution in [3.05, 3.63) is 30.0 Å². The Hall–Kier alpha value is -2.17. The largest absolute Gasteiger partial charge is 0.481 e. The number of nitrogens with zero attached hydrogens (tertiary/aromatic N) is 2. The lowest BCUT2D eigenvalue weighted by Crippen LogP contribution is -2.28. The minimum atomic E-state index is -0.793. The van der Waals surface area contributed by atoms with Crippen LogP contribution < -0.4 is 5.32 Å². The van der Waals surface area contributed by atoms with Gasteiger partial charge in [-0.05, 0) is 25.0 Å². The maximum atomic E-state index is 11.2. The van der Waals surface area contributed by atoms with Crippen LogP contribution >= 0.6 is 0 Å². The van der Waals surface area contributed by atoms with Crippen molar-refractivity contribution in [1.82, 2.24) is 9.97 Å². The molecule has 5 heteroatoms. The minimum Gasteiger partial charge on any atom is -0.481 e. The first kappa shape index (κ1) is 14.2. The Balaban J connectivity index is 2.21. The van der Waals surface area contributed by atoms with Gasteiger partial charge in [-0.25, -0.2) is 9.97 Å². The first-order valence-electron chi connectivity index (χ1n) is 6.69. The molecule has 106 valence electrons. The smallest absolute Gasteiger partial charge is 0.308 e. The molecule has 0 saturated carbocycles. The fraction of sp³-hybridized carbons (Fsp3) is 0.400. The second kappa shape index (κ2) is 5.86. The average Bonchev–Trinajstić information content (AvgIpc) is 2.38. The van der Waals surface area contributed by atoms with Crippen molar-refractivity contribution in [3.63, 3.8) is 0 Å². The van der Waals surface area contributed by atoms with Crippen molar-refractivity contribution in [2.45, 2.75) is 20.8 Å². The molecule has 1 heterocycles. The van der Waals surface area contributed by atoms with Gasteiger partial charge in [0.2, 0.25) is 0 Å². The van der Waals surface area contributed by atoms with Crippen molar-refractivity contribution in [2.24, 2.45) is 11.8 Å². The number of carboxylic acids is 1. The van der Waals surface area contributed by atoms with Gasteiger partial charge in [-0.3, -0.25) is 4.79 Å². The highest BCUT2D eigenvalue weighted by atomic mass is 16.4. The molecule has 5 nitrogen and oxygen atoms in total. The normalized spacial score (nSPS) is 12.6. The summed E-state index contributed by atoms with van der Waals surface area (Å²) < 4.78 is 0. The number of rotatable bonds is 5. The summed E-state index contributed by atoms with van der Waals surface area (Å²) in [6.07, 6.45) is 0. The summed E-state index contributed by atoms with van der Waals surface area (Å²) in [6, 6.07) is 7.63. The number of hydrogen-bond donors (Lipinski definition) is 2. The summed E-state index contributed by atoms with van der Waals surface area (Å²) >= 11 is 0. The zero-order valence-electron chi connectivity index (χ0n) is 11.9. The third kappa shape index (κ3) is 3.04. The van der Waals surface area contributed by atoms with E-state index in [2.05, 4.69) is 15.3 Å². The third-order valence-corrected chi connectivity index (χ3v) is 3.36. The standard InChI is InChI=1S/C15H19N3O2/c1-9(2)11(15(19)20)8-16-14-10(3)17-12-6-4-5-7-13(12)18-14/h4-7,9,11H,8H2,1-3H3,(H,16,18)(H,19,20). The number of carbonyl (C=O) groups is 1. The van der Waals surface area contributed by atoms with E-state index in [0.717, 1.165) is 16.7 Å². The molecule has 1 aromatic heterocycles. The topological polar surface area (TPSA) is 75.1 Å². The zero-order chi connectivity index (χ0) is 14.7. The number of carboxylic acid groups (broad SMARTS) is 1. The number of para-hydroxylation sites is 2. The van der Waals surface area contributed by atoms with Crippen LogP contribution in [0.4, 0.5) is 5.82 Å².